The summed E-state index contributed by atoms with van der Waals surface area (Å²) >= 11 is 0. The van der Waals surface area contributed by atoms with E-state index in [-0.39, 0.29) is 35.3 Å². The van der Waals surface area contributed by atoms with Crippen LogP contribution in [0.3, 0.4) is 0 Å². The highest BCUT2D eigenvalue weighted by molar-refractivity contribution is 6.04. The molecule has 5 aromatic rings. The van der Waals surface area contributed by atoms with Gasteiger partial charge in [-0.2, -0.15) is 0 Å². The molecule has 6 N–H and O–H groups in total. The maximum atomic E-state index is 14.9. The molecule has 0 spiro atoms. The molecule has 4 heterocycles. The minimum atomic E-state index is -0.453. The van der Waals surface area contributed by atoms with Crippen molar-refractivity contribution in [2.75, 3.05) is 80.3 Å². The van der Waals surface area contributed by atoms with Crippen molar-refractivity contribution in [2.24, 2.45) is 11.6 Å². The molecule has 2 aromatic heterocycles. The van der Waals surface area contributed by atoms with Crippen molar-refractivity contribution in [1.29, 1.82) is 0 Å². The van der Waals surface area contributed by atoms with Crippen LogP contribution in [0.4, 0.5) is 10.1 Å². The topological polar surface area (TPSA) is 177 Å². The van der Waals surface area contributed by atoms with Crippen LogP contribution in [0.15, 0.2) is 83.6 Å². The lowest BCUT2D eigenvalue weighted by Crippen LogP contribution is -2.38. The van der Waals surface area contributed by atoms with Gasteiger partial charge in [-0.25, -0.2) is 10.2 Å². The molecule has 3 aromatic carbocycles. The van der Waals surface area contributed by atoms with E-state index in [9.17, 15) is 23.6 Å². The Hall–Kier alpha value is -6.71. The minimum Gasteiger partial charge on any atom is -0.453 e. The summed E-state index contributed by atoms with van der Waals surface area (Å²) in [5.74, 6) is 5.41. The number of nitrogens with two attached hydrogens (primary N) is 2. The number of nitrogens with zero attached hydrogens (tertiary/aromatic N) is 5. The van der Waals surface area contributed by atoms with Gasteiger partial charge in [0.2, 0.25) is 11.8 Å². The molecule has 15 heteroatoms. The Morgan fingerprint density at radius 3 is 2.14 bits per heavy atom. The number of fused-ring (bicyclic) bond motifs is 2. The van der Waals surface area contributed by atoms with E-state index in [1.807, 2.05) is 50.1 Å². The number of nitrogens with one attached hydrogen (secondary N) is 2. The van der Waals surface area contributed by atoms with Gasteiger partial charge < -0.3 is 45.1 Å². The van der Waals surface area contributed by atoms with Gasteiger partial charge >= 0.3 is 0 Å². The number of rotatable bonds is 13. The molecule has 0 bridgehead atoms. The summed E-state index contributed by atoms with van der Waals surface area (Å²) < 4.78 is 20.2. The van der Waals surface area contributed by atoms with Gasteiger partial charge in [0.25, 0.3) is 5.91 Å². The summed E-state index contributed by atoms with van der Waals surface area (Å²) in [5.41, 5.74) is 14.9. The van der Waals surface area contributed by atoms with Gasteiger partial charge in [0.15, 0.2) is 12.0 Å². The number of hydrazine groups is 1. The van der Waals surface area contributed by atoms with E-state index in [0.29, 0.717) is 62.1 Å². The lowest BCUT2D eigenvalue weighted by molar-refractivity contribution is -0.131. The number of amides is 3. The third-order valence-electron chi connectivity index (χ3n) is 11.3. The quantitative estimate of drug-likeness (QED) is 0.0517. The average molecular weight is 904 g/mol. The number of carbonyl (C=O) groups is 4. The van der Waals surface area contributed by atoms with Gasteiger partial charge in [-0.15, -0.1) is 0 Å². The van der Waals surface area contributed by atoms with Crippen LogP contribution in [-0.4, -0.2) is 129 Å². The van der Waals surface area contributed by atoms with Crippen LogP contribution >= 0.6 is 0 Å². The number of aryl methyl sites for hydroxylation is 1. The number of benzene rings is 3. The third-order valence-corrected chi connectivity index (χ3v) is 11.3. The monoisotopic (exact) mass is 904 g/mol. The second-order valence-corrected chi connectivity index (χ2v) is 17.2. The number of carbonyl (C=O) groups excluding carboxylic acids is 4. The lowest BCUT2D eigenvalue weighted by Gasteiger charge is -2.28. The Kier molecular flexibility index (Phi) is 17.9. The molecule has 0 fully saturated rings. The zero-order chi connectivity index (χ0) is 48.1. The normalized spacial score (nSPS) is 13.7. The SMILES string of the molecule is CCCCC(=O)N1CCC=C(c2cc(-c3ccc(NC)cc3C)c3cc(C(=O)N(C)C)[nH]c3c2)C1.CN(C)C.N/C=C\N(N)CCC(=O)N1CCC=C(c2ccc3oc(C=O)cc3c2F)C1. The average Bonchev–Trinajstić information content (AvgIpc) is 3.95. The first kappa shape index (κ1) is 50.3. The number of H-pyrrole nitrogens is 1. The van der Waals surface area contributed by atoms with Crippen LogP contribution < -0.4 is 16.9 Å². The first-order chi connectivity index (χ1) is 31.6. The van der Waals surface area contributed by atoms with E-state index in [0.717, 1.165) is 75.8 Å². The molecule has 7 rings (SSSR count). The first-order valence-electron chi connectivity index (χ1n) is 22.4. The highest BCUT2D eigenvalue weighted by atomic mass is 19.1. The summed E-state index contributed by atoms with van der Waals surface area (Å²) in [6, 6.07) is 17.3. The standard InChI is InChI=1S/C29H36N4O2.C19H21FN4O3.C3H9N/c1-6-7-10-28(34)33-13-8-9-20(18-33)21-15-24(23-12-11-22(30-3)14-19(23)2)25-17-27(29(35)32(4)5)31-26(25)16-21;20-19-15(3-4-17-16(19)10-14(12-25)27-17)13-2-1-7-23(11-13)18(26)5-8-24(22)9-6-21;1-4(2)3/h9,11-12,14-17,30-31H,6-8,10,13,18H2,1-5H3;2-4,6,9-10,12H,1,5,7-8,11,21-22H2;1-3H3/b;9-6-;. The predicted molar refractivity (Wildman–Crippen MR) is 264 cm³/mol. The largest absolute Gasteiger partial charge is 0.453 e. The zero-order valence-corrected chi connectivity index (χ0v) is 39.7. The van der Waals surface area contributed by atoms with E-state index in [1.165, 1.54) is 23.5 Å². The Morgan fingerprint density at radius 2 is 1.52 bits per heavy atom. The first-order valence-corrected chi connectivity index (χ1v) is 22.4. The van der Waals surface area contributed by atoms with E-state index < -0.39 is 5.82 Å². The highest BCUT2D eigenvalue weighted by Gasteiger charge is 2.24. The number of halogens is 1. The van der Waals surface area contributed by atoms with E-state index >= 15 is 0 Å². The van der Waals surface area contributed by atoms with Gasteiger partial charge in [0.1, 0.15) is 17.1 Å². The molecule has 0 radical (unpaired) electrons. The molecular formula is C51H66FN9O5. The summed E-state index contributed by atoms with van der Waals surface area (Å²) in [5, 5.41) is 5.82. The molecule has 2 aliphatic rings. The van der Waals surface area contributed by atoms with Gasteiger partial charge in [0, 0.05) is 101 Å². The predicted octanol–water partition coefficient (Wildman–Crippen LogP) is 7.87. The van der Waals surface area contributed by atoms with Crippen molar-refractivity contribution in [2.45, 2.75) is 52.4 Å². The molecule has 2 aliphatic heterocycles. The second-order valence-electron chi connectivity index (χ2n) is 17.2. The molecule has 66 heavy (non-hydrogen) atoms. The number of aldehydes is 1. The molecule has 0 saturated carbocycles. The van der Waals surface area contributed by atoms with Crippen LogP contribution in [0.25, 0.3) is 44.1 Å². The van der Waals surface area contributed by atoms with Gasteiger partial charge in [-0.3, -0.25) is 19.2 Å². The Balaban J connectivity index is 0.000000235. The fourth-order valence-corrected chi connectivity index (χ4v) is 7.90. The van der Waals surface area contributed by atoms with E-state index in [2.05, 4.69) is 60.6 Å². The van der Waals surface area contributed by atoms with Crippen molar-refractivity contribution in [3.63, 3.8) is 0 Å². The fourth-order valence-electron chi connectivity index (χ4n) is 7.90. The number of unbranched alkanes of at least 4 members (excludes halogenated alkanes) is 1. The third kappa shape index (κ3) is 12.8. The Labute approximate surface area is 387 Å². The number of hydrogen-bond donors (Lipinski definition) is 4. The highest BCUT2D eigenvalue weighted by Crippen LogP contribution is 2.37. The van der Waals surface area contributed by atoms with E-state index in [1.54, 1.807) is 36.0 Å². The molecule has 0 aliphatic carbocycles. The van der Waals surface area contributed by atoms with Crippen LogP contribution in [0.2, 0.25) is 0 Å². The van der Waals surface area contributed by atoms with Crippen molar-refractivity contribution < 1.29 is 28.0 Å². The second kappa shape index (κ2) is 23.5. The summed E-state index contributed by atoms with van der Waals surface area (Å²) in [7, 11) is 11.4. The molecule has 0 saturated heterocycles. The van der Waals surface area contributed by atoms with Gasteiger partial charge in [0.05, 0.1) is 5.39 Å². The summed E-state index contributed by atoms with van der Waals surface area (Å²) in [6.07, 6.45) is 11.8. The number of hydrogen-bond acceptors (Lipinski definition) is 10. The van der Waals surface area contributed by atoms with Crippen molar-refractivity contribution >= 4 is 62.7 Å². The Bertz CT molecular complexity index is 2600. The molecule has 352 valence electrons. The lowest BCUT2D eigenvalue weighted by atomic mass is 9.92. The summed E-state index contributed by atoms with van der Waals surface area (Å²) in [4.78, 5) is 59.4. The minimum absolute atomic E-state index is 0.0551. The van der Waals surface area contributed by atoms with Gasteiger partial charge in [-0.1, -0.05) is 31.6 Å². The van der Waals surface area contributed by atoms with Crippen molar-refractivity contribution in [3.05, 3.63) is 113 Å². The summed E-state index contributed by atoms with van der Waals surface area (Å²) in [6.45, 7) is 6.85. The number of aromatic nitrogens is 1. The molecular weight excluding hydrogens is 838 g/mol. The number of anilines is 1. The van der Waals surface area contributed by atoms with Crippen LogP contribution in [0.1, 0.15) is 83.2 Å². The van der Waals surface area contributed by atoms with Crippen LogP contribution in [-0.2, 0) is 9.59 Å². The van der Waals surface area contributed by atoms with Gasteiger partial charge in [-0.05, 0) is 129 Å². The van der Waals surface area contributed by atoms with Crippen molar-refractivity contribution in [1.82, 2.24) is 29.6 Å². The van der Waals surface area contributed by atoms with Crippen molar-refractivity contribution in [3.8, 4) is 11.1 Å². The molecule has 3 amide bonds. The van der Waals surface area contributed by atoms with Crippen LogP contribution in [0, 0.1) is 12.7 Å². The molecule has 14 nitrogen and oxygen atoms in total. The maximum Gasteiger partial charge on any atom is 0.269 e. The Morgan fingerprint density at radius 1 is 0.864 bits per heavy atom. The number of aromatic amines is 1. The molecule has 0 unspecified atom stereocenters. The zero-order valence-electron chi connectivity index (χ0n) is 39.7. The number of furan rings is 1. The maximum absolute atomic E-state index is 14.9. The van der Waals surface area contributed by atoms with Crippen LogP contribution in [0.5, 0.6) is 0 Å². The molecule has 0 atom stereocenters. The fraction of sp³-hybridized carbons (Fsp3) is 0.373. The smallest absolute Gasteiger partial charge is 0.269 e. The van der Waals surface area contributed by atoms with E-state index in [4.69, 9.17) is 16.0 Å².